The number of rotatable bonds is 8. The SMILES string of the molecule is Cc1cc(C)nc(NS(=O)(=O)c2ccc(NC(=O)c3ccn(COc4ccc(F)cc4F)n3)cc2)n1. The van der Waals surface area contributed by atoms with E-state index < -0.39 is 27.6 Å². The Morgan fingerprint density at radius 3 is 2.36 bits per heavy atom. The van der Waals surface area contributed by atoms with Crippen LogP contribution in [0.4, 0.5) is 20.4 Å². The van der Waals surface area contributed by atoms with Crippen LogP contribution in [0, 0.1) is 25.5 Å². The summed E-state index contributed by atoms with van der Waals surface area (Å²) in [6.07, 6.45) is 1.45. The van der Waals surface area contributed by atoms with Crippen molar-refractivity contribution in [1.29, 1.82) is 0 Å². The fourth-order valence-electron chi connectivity index (χ4n) is 3.15. The molecule has 0 atom stereocenters. The Hall–Kier alpha value is -4.39. The molecule has 0 aliphatic heterocycles. The number of ether oxygens (including phenoxy) is 1. The van der Waals surface area contributed by atoms with Crippen LogP contribution in [-0.2, 0) is 16.8 Å². The second-order valence-corrected chi connectivity index (χ2v) is 9.33. The van der Waals surface area contributed by atoms with Crippen molar-refractivity contribution in [2.45, 2.75) is 25.5 Å². The average Bonchev–Trinajstić information content (AvgIpc) is 3.27. The van der Waals surface area contributed by atoms with E-state index in [0.29, 0.717) is 23.1 Å². The molecule has 0 unspecified atom stereocenters. The van der Waals surface area contributed by atoms with Crippen LogP contribution >= 0.6 is 0 Å². The number of halogens is 2. The predicted molar refractivity (Wildman–Crippen MR) is 126 cm³/mol. The van der Waals surface area contributed by atoms with Crippen molar-refractivity contribution in [2.75, 3.05) is 10.0 Å². The lowest BCUT2D eigenvalue weighted by atomic mass is 10.3. The highest BCUT2D eigenvalue weighted by Crippen LogP contribution is 2.19. The largest absolute Gasteiger partial charge is 0.468 e. The van der Waals surface area contributed by atoms with E-state index >= 15 is 0 Å². The zero-order valence-corrected chi connectivity index (χ0v) is 19.9. The number of nitrogens with zero attached hydrogens (tertiary/aromatic N) is 4. The molecule has 10 nitrogen and oxygen atoms in total. The van der Waals surface area contributed by atoms with Crippen LogP contribution in [0.15, 0.2) is 65.7 Å². The number of aromatic nitrogens is 4. The number of benzene rings is 2. The molecule has 36 heavy (non-hydrogen) atoms. The van der Waals surface area contributed by atoms with Crippen LogP contribution in [0.1, 0.15) is 21.9 Å². The first kappa shape index (κ1) is 24.7. The minimum atomic E-state index is -3.94. The van der Waals surface area contributed by atoms with Gasteiger partial charge in [0.1, 0.15) is 5.82 Å². The molecule has 186 valence electrons. The van der Waals surface area contributed by atoms with E-state index in [4.69, 9.17) is 4.74 Å². The van der Waals surface area contributed by atoms with E-state index in [1.807, 2.05) is 0 Å². The van der Waals surface area contributed by atoms with Crippen molar-refractivity contribution in [2.24, 2.45) is 0 Å². The summed E-state index contributed by atoms with van der Waals surface area (Å²) in [6.45, 7) is 3.25. The van der Waals surface area contributed by atoms with Crippen molar-refractivity contribution in [3.63, 3.8) is 0 Å². The molecule has 0 radical (unpaired) electrons. The standard InChI is InChI=1S/C23H20F2N6O4S/c1-14-11-15(2)27-23(26-14)30-36(33,34)18-6-4-17(5-7-18)28-22(32)20-9-10-31(29-20)13-35-21-8-3-16(24)12-19(21)25/h3-12H,13H2,1-2H3,(H,28,32)(H,26,27,30). The van der Waals surface area contributed by atoms with Crippen molar-refractivity contribution >= 4 is 27.6 Å². The maximum absolute atomic E-state index is 13.7. The molecule has 0 saturated carbocycles. The molecule has 13 heteroatoms. The summed E-state index contributed by atoms with van der Waals surface area (Å²) in [5.41, 5.74) is 1.62. The number of hydrogen-bond donors (Lipinski definition) is 2. The molecule has 0 bridgehead atoms. The fraction of sp³-hybridized carbons (Fsp3) is 0.130. The lowest BCUT2D eigenvalue weighted by Gasteiger charge is -2.09. The molecule has 0 spiro atoms. The highest BCUT2D eigenvalue weighted by atomic mass is 32.2. The summed E-state index contributed by atoms with van der Waals surface area (Å²) in [7, 11) is -3.94. The van der Waals surface area contributed by atoms with Gasteiger partial charge < -0.3 is 10.1 Å². The molecule has 2 heterocycles. The summed E-state index contributed by atoms with van der Waals surface area (Å²) in [4.78, 5) is 20.6. The maximum Gasteiger partial charge on any atom is 0.276 e. The summed E-state index contributed by atoms with van der Waals surface area (Å²) >= 11 is 0. The molecule has 2 N–H and O–H groups in total. The van der Waals surface area contributed by atoms with Gasteiger partial charge in [-0.1, -0.05) is 0 Å². The number of aryl methyl sites for hydroxylation is 2. The van der Waals surface area contributed by atoms with Crippen LogP contribution in [0.2, 0.25) is 0 Å². The normalized spacial score (nSPS) is 11.2. The highest BCUT2D eigenvalue weighted by molar-refractivity contribution is 7.92. The summed E-state index contributed by atoms with van der Waals surface area (Å²) in [5, 5.41) is 6.66. The van der Waals surface area contributed by atoms with Gasteiger partial charge in [0.25, 0.3) is 15.9 Å². The Balaban J connectivity index is 1.37. The van der Waals surface area contributed by atoms with Gasteiger partial charge in [-0.2, -0.15) is 5.10 Å². The van der Waals surface area contributed by atoms with E-state index in [9.17, 15) is 22.0 Å². The molecule has 0 saturated heterocycles. The van der Waals surface area contributed by atoms with Gasteiger partial charge in [0.2, 0.25) is 5.95 Å². The van der Waals surface area contributed by atoms with Crippen LogP contribution < -0.4 is 14.8 Å². The van der Waals surface area contributed by atoms with E-state index in [-0.39, 0.29) is 29.0 Å². The summed E-state index contributed by atoms with van der Waals surface area (Å²) < 4.78 is 60.8. The Bertz CT molecular complexity index is 1500. The lowest BCUT2D eigenvalue weighted by Crippen LogP contribution is -2.16. The number of hydrogen-bond acceptors (Lipinski definition) is 7. The van der Waals surface area contributed by atoms with Gasteiger partial charge in [-0.3, -0.25) is 4.79 Å². The second kappa shape index (κ2) is 10.1. The van der Waals surface area contributed by atoms with Crippen molar-refractivity contribution in [3.8, 4) is 5.75 Å². The van der Waals surface area contributed by atoms with Gasteiger partial charge in [0.15, 0.2) is 24.0 Å². The third-order valence-corrected chi connectivity index (χ3v) is 6.09. The van der Waals surface area contributed by atoms with Gasteiger partial charge in [-0.25, -0.2) is 36.6 Å². The van der Waals surface area contributed by atoms with Gasteiger partial charge >= 0.3 is 0 Å². The maximum atomic E-state index is 13.7. The lowest BCUT2D eigenvalue weighted by molar-refractivity contribution is 0.102. The zero-order valence-electron chi connectivity index (χ0n) is 19.1. The molecular weight excluding hydrogens is 494 g/mol. The van der Waals surface area contributed by atoms with E-state index in [0.717, 1.165) is 12.1 Å². The van der Waals surface area contributed by atoms with E-state index in [1.54, 1.807) is 19.9 Å². The number of amides is 1. The van der Waals surface area contributed by atoms with Crippen LogP contribution in [0.3, 0.4) is 0 Å². The number of nitrogens with one attached hydrogen (secondary N) is 2. The molecule has 0 fully saturated rings. The van der Waals surface area contributed by atoms with Gasteiger partial charge in [0, 0.05) is 29.3 Å². The first-order valence-electron chi connectivity index (χ1n) is 10.5. The zero-order chi connectivity index (χ0) is 25.9. The van der Waals surface area contributed by atoms with Crippen molar-refractivity contribution < 1.29 is 26.7 Å². The van der Waals surface area contributed by atoms with Gasteiger partial charge in [0.05, 0.1) is 4.90 Å². The molecule has 1 amide bonds. The monoisotopic (exact) mass is 514 g/mol. The minimum Gasteiger partial charge on any atom is -0.468 e. The Kier molecular flexibility index (Phi) is 6.92. The molecule has 0 aliphatic carbocycles. The van der Waals surface area contributed by atoms with Crippen LogP contribution in [0.5, 0.6) is 5.75 Å². The van der Waals surface area contributed by atoms with E-state index in [2.05, 4.69) is 25.1 Å². The molecule has 0 aliphatic rings. The van der Waals surface area contributed by atoms with E-state index in [1.165, 1.54) is 41.2 Å². The number of sulfonamides is 1. The third-order valence-electron chi connectivity index (χ3n) is 4.75. The number of anilines is 2. The fourth-order valence-corrected chi connectivity index (χ4v) is 4.09. The van der Waals surface area contributed by atoms with Crippen LogP contribution in [-0.4, -0.2) is 34.1 Å². The molecular formula is C23H20F2N6O4S. The smallest absolute Gasteiger partial charge is 0.276 e. The number of carbonyl (C=O) groups excluding carboxylic acids is 1. The Morgan fingerprint density at radius 2 is 1.69 bits per heavy atom. The molecule has 2 aromatic heterocycles. The van der Waals surface area contributed by atoms with Crippen molar-refractivity contribution in [3.05, 3.63) is 89.5 Å². The minimum absolute atomic E-state index is 0.0355. The molecule has 4 rings (SSSR count). The quantitative estimate of drug-likeness (QED) is 0.367. The molecule has 2 aromatic carbocycles. The average molecular weight is 515 g/mol. The van der Waals surface area contributed by atoms with Crippen molar-refractivity contribution in [1.82, 2.24) is 19.7 Å². The highest BCUT2D eigenvalue weighted by Gasteiger charge is 2.17. The number of carbonyl (C=O) groups is 1. The summed E-state index contributed by atoms with van der Waals surface area (Å²) in [5.74, 6) is -2.34. The Morgan fingerprint density at radius 1 is 1.00 bits per heavy atom. The Labute approximate surface area is 205 Å². The predicted octanol–water partition coefficient (Wildman–Crippen LogP) is 3.66. The van der Waals surface area contributed by atoms with Gasteiger partial charge in [-0.15, -0.1) is 0 Å². The second-order valence-electron chi connectivity index (χ2n) is 7.65. The molecule has 4 aromatic rings. The topological polar surface area (TPSA) is 128 Å². The first-order chi connectivity index (χ1) is 17.1. The van der Waals surface area contributed by atoms with Gasteiger partial charge in [-0.05, 0) is 62.4 Å². The summed E-state index contributed by atoms with van der Waals surface area (Å²) in [6, 6.07) is 11.5. The third kappa shape index (κ3) is 5.99. The van der Waals surface area contributed by atoms with Crippen LogP contribution in [0.25, 0.3) is 0 Å². The first-order valence-corrected chi connectivity index (χ1v) is 12.0.